The Bertz CT molecular complexity index is 679. The Morgan fingerprint density at radius 1 is 1.29 bits per heavy atom. The lowest BCUT2D eigenvalue weighted by Crippen LogP contribution is -2.07. The third-order valence-corrected chi connectivity index (χ3v) is 3.58. The van der Waals surface area contributed by atoms with Gasteiger partial charge in [-0.1, -0.05) is 27.5 Å². The summed E-state index contributed by atoms with van der Waals surface area (Å²) in [6, 6.07) is 9.93. The molecule has 0 heterocycles. The largest absolute Gasteiger partial charge is 0.381 e. The molecule has 0 saturated heterocycles. The van der Waals surface area contributed by atoms with Gasteiger partial charge < -0.3 is 10.6 Å². The quantitative estimate of drug-likeness (QED) is 0.809. The molecule has 0 bridgehead atoms. The summed E-state index contributed by atoms with van der Waals surface area (Å²) in [6.07, 6.45) is 0. The smallest absolute Gasteiger partial charge is 0.221 e. The summed E-state index contributed by atoms with van der Waals surface area (Å²) in [6.45, 7) is 1.75. The van der Waals surface area contributed by atoms with E-state index >= 15 is 0 Å². The number of hydrogen-bond acceptors (Lipinski definition) is 2. The van der Waals surface area contributed by atoms with E-state index in [0.717, 1.165) is 10.2 Å². The van der Waals surface area contributed by atoms with Crippen molar-refractivity contribution in [1.82, 2.24) is 0 Å². The molecule has 21 heavy (non-hydrogen) atoms. The number of hydrogen-bond donors (Lipinski definition) is 2. The molecule has 2 N–H and O–H groups in total. The van der Waals surface area contributed by atoms with Crippen LogP contribution in [-0.2, 0) is 11.3 Å². The Morgan fingerprint density at radius 3 is 2.71 bits per heavy atom. The van der Waals surface area contributed by atoms with Gasteiger partial charge in [-0.2, -0.15) is 0 Å². The molecule has 0 aliphatic carbocycles. The van der Waals surface area contributed by atoms with Crippen molar-refractivity contribution in [3.8, 4) is 0 Å². The Labute approximate surface area is 135 Å². The summed E-state index contributed by atoms with van der Waals surface area (Å²) in [5, 5.41) is 6.14. The van der Waals surface area contributed by atoms with Gasteiger partial charge in [-0.05, 0) is 36.4 Å². The van der Waals surface area contributed by atoms with Gasteiger partial charge in [0.15, 0.2) is 0 Å². The van der Waals surface area contributed by atoms with Gasteiger partial charge in [0.1, 0.15) is 5.82 Å². The van der Waals surface area contributed by atoms with Crippen molar-refractivity contribution in [3.05, 3.63) is 57.3 Å². The first-order valence-electron chi connectivity index (χ1n) is 6.20. The monoisotopic (exact) mass is 370 g/mol. The highest BCUT2D eigenvalue weighted by molar-refractivity contribution is 9.10. The topological polar surface area (TPSA) is 41.1 Å². The normalized spacial score (nSPS) is 10.3. The zero-order valence-corrected chi connectivity index (χ0v) is 13.6. The van der Waals surface area contributed by atoms with Crippen LogP contribution in [0.3, 0.4) is 0 Å². The van der Waals surface area contributed by atoms with Crippen molar-refractivity contribution >= 4 is 44.8 Å². The fourth-order valence-electron chi connectivity index (χ4n) is 1.79. The number of halogens is 3. The summed E-state index contributed by atoms with van der Waals surface area (Å²) in [7, 11) is 0. The number of carbonyl (C=O) groups excluding carboxylic acids is 1. The SMILES string of the molecule is CC(=O)Nc1ccc(NCc2cc(Br)ccc2F)cc1Cl. The zero-order chi connectivity index (χ0) is 15.4. The molecule has 6 heteroatoms. The summed E-state index contributed by atoms with van der Waals surface area (Å²) in [5.74, 6) is -0.458. The van der Waals surface area contributed by atoms with Crippen LogP contribution in [0.2, 0.25) is 5.02 Å². The minimum Gasteiger partial charge on any atom is -0.381 e. The third-order valence-electron chi connectivity index (χ3n) is 2.77. The first-order valence-corrected chi connectivity index (χ1v) is 7.38. The standard InChI is InChI=1S/C15H13BrClFN2O/c1-9(21)20-15-5-3-12(7-13(15)17)19-8-10-6-11(16)2-4-14(10)18/h2-7,19H,8H2,1H3,(H,20,21). The molecule has 110 valence electrons. The molecule has 0 saturated carbocycles. The maximum Gasteiger partial charge on any atom is 0.221 e. The second kappa shape index (κ2) is 6.91. The van der Waals surface area contributed by atoms with Crippen LogP contribution >= 0.6 is 27.5 Å². The minimum absolute atomic E-state index is 0.186. The fraction of sp³-hybridized carbons (Fsp3) is 0.133. The van der Waals surface area contributed by atoms with Crippen molar-refractivity contribution in [2.75, 3.05) is 10.6 Å². The fourth-order valence-corrected chi connectivity index (χ4v) is 2.43. The molecule has 1 amide bonds. The Hall–Kier alpha value is -1.59. The molecule has 2 aromatic carbocycles. The lowest BCUT2D eigenvalue weighted by Gasteiger charge is -2.10. The highest BCUT2D eigenvalue weighted by Gasteiger charge is 2.05. The van der Waals surface area contributed by atoms with Crippen molar-refractivity contribution in [2.45, 2.75) is 13.5 Å². The van der Waals surface area contributed by atoms with Crippen LogP contribution in [0.15, 0.2) is 40.9 Å². The Balaban J connectivity index is 2.08. The molecule has 0 aromatic heterocycles. The second-order valence-electron chi connectivity index (χ2n) is 4.47. The molecular formula is C15H13BrClFN2O. The van der Waals surface area contributed by atoms with Crippen molar-refractivity contribution in [3.63, 3.8) is 0 Å². The van der Waals surface area contributed by atoms with E-state index in [0.29, 0.717) is 22.8 Å². The number of anilines is 2. The van der Waals surface area contributed by atoms with Crippen molar-refractivity contribution < 1.29 is 9.18 Å². The number of benzene rings is 2. The van der Waals surface area contributed by atoms with Gasteiger partial charge in [0.2, 0.25) is 5.91 Å². The van der Waals surface area contributed by atoms with Crippen LogP contribution in [0.4, 0.5) is 15.8 Å². The van der Waals surface area contributed by atoms with E-state index in [9.17, 15) is 9.18 Å². The third kappa shape index (κ3) is 4.44. The molecule has 0 aliphatic heterocycles. The maximum absolute atomic E-state index is 13.6. The molecule has 2 rings (SSSR count). The number of amides is 1. The van der Waals surface area contributed by atoms with Gasteiger partial charge in [0.05, 0.1) is 10.7 Å². The maximum atomic E-state index is 13.6. The number of carbonyl (C=O) groups is 1. The summed E-state index contributed by atoms with van der Waals surface area (Å²) >= 11 is 9.39. The molecular weight excluding hydrogens is 359 g/mol. The van der Waals surface area contributed by atoms with Crippen LogP contribution in [-0.4, -0.2) is 5.91 Å². The first kappa shape index (κ1) is 15.8. The molecule has 0 spiro atoms. The summed E-state index contributed by atoms with van der Waals surface area (Å²) in [4.78, 5) is 11.0. The van der Waals surface area contributed by atoms with E-state index in [-0.39, 0.29) is 11.7 Å². The lowest BCUT2D eigenvalue weighted by molar-refractivity contribution is -0.114. The summed E-state index contributed by atoms with van der Waals surface area (Å²) < 4.78 is 14.4. The molecule has 0 aliphatic rings. The van der Waals surface area contributed by atoms with Crippen LogP contribution in [0.1, 0.15) is 12.5 Å². The van der Waals surface area contributed by atoms with Gasteiger partial charge in [0, 0.05) is 29.2 Å². The zero-order valence-electron chi connectivity index (χ0n) is 11.2. The highest BCUT2D eigenvalue weighted by atomic mass is 79.9. The van der Waals surface area contributed by atoms with E-state index in [1.165, 1.54) is 13.0 Å². The van der Waals surface area contributed by atoms with Gasteiger partial charge in [-0.15, -0.1) is 0 Å². The van der Waals surface area contributed by atoms with E-state index in [1.54, 1.807) is 30.3 Å². The van der Waals surface area contributed by atoms with E-state index < -0.39 is 0 Å². The minimum atomic E-state index is -0.272. The van der Waals surface area contributed by atoms with E-state index in [1.807, 2.05) is 0 Å². The molecule has 3 nitrogen and oxygen atoms in total. The predicted molar refractivity (Wildman–Crippen MR) is 87.2 cm³/mol. The van der Waals surface area contributed by atoms with Crippen LogP contribution in [0, 0.1) is 5.82 Å². The predicted octanol–water partition coefficient (Wildman–Crippen LogP) is 4.81. The van der Waals surface area contributed by atoms with Crippen LogP contribution in [0.5, 0.6) is 0 Å². The van der Waals surface area contributed by atoms with Gasteiger partial charge >= 0.3 is 0 Å². The van der Waals surface area contributed by atoms with Gasteiger partial charge in [0.25, 0.3) is 0 Å². The van der Waals surface area contributed by atoms with Crippen LogP contribution < -0.4 is 10.6 Å². The Morgan fingerprint density at radius 2 is 2.05 bits per heavy atom. The van der Waals surface area contributed by atoms with Crippen LogP contribution in [0.25, 0.3) is 0 Å². The molecule has 0 fully saturated rings. The Kier molecular flexibility index (Phi) is 5.20. The number of nitrogens with one attached hydrogen (secondary N) is 2. The average Bonchev–Trinajstić information content (AvgIpc) is 2.42. The van der Waals surface area contributed by atoms with Gasteiger partial charge in [-0.25, -0.2) is 4.39 Å². The lowest BCUT2D eigenvalue weighted by atomic mass is 10.2. The molecule has 0 unspecified atom stereocenters. The highest BCUT2D eigenvalue weighted by Crippen LogP contribution is 2.26. The van der Waals surface area contributed by atoms with E-state index in [2.05, 4.69) is 26.6 Å². The second-order valence-corrected chi connectivity index (χ2v) is 5.79. The van der Waals surface area contributed by atoms with Gasteiger partial charge in [-0.3, -0.25) is 4.79 Å². The average molecular weight is 372 g/mol. The first-order chi connectivity index (χ1) is 9.95. The van der Waals surface area contributed by atoms with Crippen molar-refractivity contribution in [2.24, 2.45) is 0 Å². The molecule has 0 atom stereocenters. The summed E-state index contributed by atoms with van der Waals surface area (Å²) in [5.41, 5.74) is 1.84. The molecule has 0 radical (unpaired) electrons. The van der Waals surface area contributed by atoms with Crippen molar-refractivity contribution in [1.29, 1.82) is 0 Å². The molecule has 2 aromatic rings. The number of rotatable bonds is 4. The van der Waals surface area contributed by atoms with E-state index in [4.69, 9.17) is 11.6 Å².